The largest absolute Gasteiger partial charge is 0.375 e. The predicted molar refractivity (Wildman–Crippen MR) is 82.9 cm³/mol. The first-order valence-corrected chi connectivity index (χ1v) is 9.09. The standard InChI is InChI=1S/C14H18N2O2S2/c1-3-11(14-15-9-10-19-14)16-12-7-5-6-8-13(12)20(17,18)4-2/h5-11,16H,3-4H2,1-2H3. The average Bonchev–Trinajstić information content (AvgIpc) is 2.99. The number of thiazole rings is 1. The number of hydrogen-bond acceptors (Lipinski definition) is 5. The molecule has 1 N–H and O–H groups in total. The van der Waals surface area contributed by atoms with E-state index in [4.69, 9.17) is 0 Å². The summed E-state index contributed by atoms with van der Waals surface area (Å²) < 4.78 is 24.3. The van der Waals surface area contributed by atoms with Gasteiger partial charge in [0.1, 0.15) is 5.01 Å². The number of nitrogens with zero attached hydrogens (tertiary/aromatic N) is 1. The number of hydrogen-bond donors (Lipinski definition) is 1. The quantitative estimate of drug-likeness (QED) is 0.887. The lowest BCUT2D eigenvalue weighted by molar-refractivity contribution is 0.597. The summed E-state index contributed by atoms with van der Waals surface area (Å²) in [6.45, 7) is 3.71. The van der Waals surface area contributed by atoms with Crippen LogP contribution in [0, 0.1) is 0 Å². The lowest BCUT2D eigenvalue weighted by Gasteiger charge is -2.18. The number of rotatable bonds is 6. The van der Waals surface area contributed by atoms with Crippen LogP contribution in [-0.2, 0) is 9.84 Å². The molecule has 20 heavy (non-hydrogen) atoms. The molecule has 0 radical (unpaired) electrons. The van der Waals surface area contributed by atoms with Crippen molar-refractivity contribution in [1.29, 1.82) is 0 Å². The molecule has 0 aliphatic rings. The third-order valence-corrected chi connectivity index (χ3v) is 5.77. The Morgan fingerprint density at radius 3 is 2.65 bits per heavy atom. The molecule has 0 aliphatic heterocycles. The van der Waals surface area contributed by atoms with Crippen LogP contribution in [0.3, 0.4) is 0 Å². The van der Waals surface area contributed by atoms with Crippen LogP contribution in [-0.4, -0.2) is 19.2 Å². The fourth-order valence-corrected chi connectivity index (χ4v) is 3.78. The van der Waals surface area contributed by atoms with Crippen molar-refractivity contribution < 1.29 is 8.42 Å². The van der Waals surface area contributed by atoms with E-state index in [1.165, 1.54) is 0 Å². The Morgan fingerprint density at radius 1 is 1.30 bits per heavy atom. The van der Waals surface area contributed by atoms with Crippen LogP contribution in [0.15, 0.2) is 40.7 Å². The lowest BCUT2D eigenvalue weighted by atomic mass is 10.2. The second-order valence-corrected chi connectivity index (χ2v) is 7.55. The van der Waals surface area contributed by atoms with Gasteiger partial charge < -0.3 is 5.32 Å². The fraction of sp³-hybridized carbons (Fsp3) is 0.357. The van der Waals surface area contributed by atoms with Crippen molar-refractivity contribution in [2.45, 2.75) is 31.2 Å². The molecule has 0 amide bonds. The van der Waals surface area contributed by atoms with E-state index < -0.39 is 9.84 Å². The highest BCUT2D eigenvalue weighted by Gasteiger charge is 2.19. The van der Waals surface area contributed by atoms with Gasteiger partial charge in [-0.2, -0.15) is 0 Å². The second-order valence-electron chi connectivity index (χ2n) is 4.38. The normalized spacial score (nSPS) is 13.1. The number of sulfone groups is 1. The van der Waals surface area contributed by atoms with E-state index in [1.54, 1.807) is 42.7 Å². The fourth-order valence-electron chi connectivity index (χ4n) is 1.95. The van der Waals surface area contributed by atoms with Gasteiger partial charge in [-0.25, -0.2) is 13.4 Å². The SMILES string of the molecule is CCC(Nc1ccccc1S(=O)(=O)CC)c1nccs1. The minimum atomic E-state index is -3.23. The molecule has 1 unspecified atom stereocenters. The maximum Gasteiger partial charge on any atom is 0.180 e. The molecule has 0 aliphatic carbocycles. The summed E-state index contributed by atoms with van der Waals surface area (Å²) in [4.78, 5) is 4.66. The van der Waals surface area contributed by atoms with Gasteiger partial charge in [0.25, 0.3) is 0 Å². The molecule has 0 saturated heterocycles. The van der Waals surface area contributed by atoms with Crippen molar-refractivity contribution in [3.63, 3.8) is 0 Å². The van der Waals surface area contributed by atoms with Gasteiger partial charge in [-0.05, 0) is 18.6 Å². The summed E-state index contributed by atoms with van der Waals surface area (Å²) in [6, 6.07) is 7.07. The molecule has 108 valence electrons. The maximum atomic E-state index is 12.1. The molecule has 1 atom stereocenters. The molecule has 4 nitrogen and oxygen atoms in total. The summed E-state index contributed by atoms with van der Waals surface area (Å²) in [5.74, 6) is 0.0970. The molecule has 6 heteroatoms. The molecule has 0 saturated carbocycles. The Hall–Kier alpha value is -1.40. The van der Waals surface area contributed by atoms with Crippen LogP contribution in [0.25, 0.3) is 0 Å². The Labute approximate surface area is 123 Å². The molecule has 0 bridgehead atoms. The molecule has 2 aromatic rings. The van der Waals surface area contributed by atoms with Crippen LogP contribution < -0.4 is 5.32 Å². The number of para-hydroxylation sites is 1. The van der Waals surface area contributed by atoms with Crippen molar-refractivity contribution in [2.75, 3.05) is 11.1 Å². The third-order valence-electron chi connectivity index (χ3n) is 3.09. The minimum absolute atomic E-state index is 0.0307. The van der Waals surface area contributed by atoms with Gasteiger partial charge in [-0.1, -0.05) is 26.0 Å². The van der Waals surface area contributed by atoms with Crippen LogP contribution in [0.2, 0.25) is 0 Å². The number of anilines is 1. The average molecular weight is 310 g/mol. The Balaban J connectivity index is 2.34. The van der Waals surface area contributed by atoms with Gasteiger partial charge in [-0.3, -0.25) is 0 Å². The number of aromatic nitrogens is 1. The van der Waals surface area contributed by atoms with Crippen molar-refractivity contribution in [2.24, 2.45) is 0 Å². The molecule has 1 aromatic heterocycles. The molecular formula is C14H18N2O2S2. The van der Waals surface area contributed by atoms with E-state index in [9.17, 15) is 8.42 Å². The minimum Gasteiger partial charge on any atom is -0.375 e. The monoisotopic (exact) mass is 310 g/mol. The summed E-state index contributed by atoms with van der Waals surface area (Å²) in [5, 5.41) is 6.20. The zero-order valence-corrected chi connectivity index (χ0v) is 13.2. The summed E-state index contributed by atoms with van der Waals surface area (Å²) in [7, 11) is -3.23. The van der Waals surface area contributed by atoms with Gasteiger partial charge in [0, 0.05) is 11.6 Å². The van der Waals surface area contributed by atoms with Crippen LogP contribution >= 0.6 is 11.3 Å². The smallest absolute Gasteiger partial charge is 0.180 e. The second kappa shape index (κ2) is 6.37. The van der Waals surface area contributed by atoms with E-state index in [0.29, 0.717) is 10.6 Å². The lowest BCUT2D eigenvalue weighted by Crippen LogP contribution is -2.13. The van der Waals surface area contributed by atoms with Crippen molar-refractivity contribution in [3.8, 4) is 0 Å². The molecule has 1 heterocycles. The van der Waals surface area contributed by atoms with Gasteiger partial charge in [-0.15, -0.1) is 11.3 Å². The highest BCUT2D eigenvalue weighted by molar-refractivity contribution is 7.91. The zero-order chi connectivity index (χ0) is 14.6. The molecule has 0 fully saturated rings. The van der Waals surface area contributed by atoms with Gasteiger partial charge in [0.2, 0.25) is 0 Å². The Morgan fingerprint density at radius 2 is 2.05 bits per heavy atom. The number of nitrogens with one attached hydrogen (secondary N) is 1. The topological polar surface area (TPSA) is 59.1 Å². The summed E-state index contributed by atoms with van der Waals surface area (Å²) >= 11 is 1.57. The maximum absolute atomic E-state index is 12.1. The van der Waals surface area contributed by atoms with Crippen LogP contribution in [0.4, 0.5) is 5.69 Å². The van der Waals surface area contributed by atoms with Crippen LogP contribution in [0.1, 0.15) is 31.3 Å². The van der Waals surface area contributed by atoms with Crippen molar-refractivity contribution in [3.05, 3.63) is 40.8 Å². The Kier molecular flexibility index (Phi) is 4.77. The van der Waals surface area contributed by atoms with Gasteiger partial charge in [0.15, 0.2) is 9.84 Å². The van der Waals surface area contributed by atoms with E-state index in [2.05, 4.69) is 17.2 Å². The highest BCUT2D eigenvalue weighted by Crippen LogP contribution is 2.28. The van der Waals surface area contributed by atoms with E-state index in [0.717, 1.165) is 11.4 Å². The zero-order valence-electron chi connectivity index (χ0n) is 11.5. The third kappa shape index (κ3) is 3.19. The summed E-state index contributed by atoms with van der Waals surface area (Å²) in [6.07, 6.45) is 2.60. The molecule has 1 aromatic carbocycles. The molecule has 0 spiro atoms. The summed E-state index contributed by atoms with van der Waals surface area (Å²) in [5.41, 5.74) is 0.649. The van der Waals surface area contributed by atoms with Crippen LogP contribution in [0.5, 0.6) is 0 Å². The predicted octanol–water partition coefficient (Wildman–Crippen LogP) is 3.50. The van der Waals surface area contributed by atoms with E-state index in [-0.39, 0.29) is 11.8 Å². The number of benzene rings is 1. The first-order valence-electron chi connectivity index (χ1n) is 6.56. The first kappa shape index (κ1) is 15.0. The first-order chi connectivity index (χ1) is 9.58. The van der Waals surface area contributed by atoms with Gasteiger partial charge in [0.05, 0.1) is 22.4 Å². The van der Waals surface area contributed by atoms with Crippen molar-refractivity contribution >= 4 is 26.9 Å². The van der Waals surface area contributed by atoms with Gasteiger partial charge >= 0.3 is 0 Å². The molecular weight excluding hydrogens is 292 g/mol. The Bertz CT molecular complexity index is 652. The van der Waals surface area contributed by atoms with Crippen molar-refractivity contribution in [1.82, 2.24) is 4.98 Å². The molecule has 2 rings (SSSR count). The highest BCUT2D eigenvalue weighted by atomic mass is 32.2. The van der Waals surface area contributed by atoms with E-state index in [1.807, 2.05) is 11.4 Å². The van der Waals surface area contributed by atoms with E-state index >= 15 is 0 Å².